The van der Waals surface area contributed by atoms with Crippen molar-refractivity contribution in [2.24, 2.45) is 7.05 Å². The molecule has 180 valence electrons. The van der Waals surface area contributed by atoms with E-state index in [4.69, 9.17) is 16.3 Å². The van der Waals surface area contributed by atoms with E-state index in [1.165, 1.54) is 19.1 Å². The molecule has 0 bridgehead atoms. The number of hydrogen-bond acceptors (Lipinski definition) is 10. The molecule has 34 heavy (non-hydrogen) atoms. The number of anilines is 1. The summed E-state index contributed by atoms with van der Waals surface area (Å²) in [6, 6.07) is 1.79. The number of allylic oxidation sites excluding steroid dienone is 2. The number of carbonyl (C=O) groups is 1. The summed E-state index contributed by atoms with van der Waals surface area (Å²) < 4.78 is 11.9. The smallest absolute Gasteiger partial charge is 0.239 e. The molecule has 2 atom stereocenters. The highest BCUT2D eigenvalue weighted by molar-refractivity contribution is 8.01. The minimum absolute atomic E-state index is 0.00980. The minimum Gasteiger partial charge on any atom is -0.494 e. The predicted molar refractivity (Wildman–Crippen MR) is 133 cm³/mol. The molecule has 2 unspecified atom stereocenters. The van der Waals surface area contributed by atoms with Gasteiger partial charge in [-0.1, -0.05) is 25.4 Å². The molecule has 0 aliphatic heterocycles. The van der Waals surface area contributed by atoms with Crippen molar-refractivity contribution in [1.29, 1.82) is 0 Å². The van der Waals surface area contributed by atoms with Crippen LogP contribution in [-0.2, 0) is 16.6 Å². The van der Waals surface area contributed by atoms with Crippen molar-refractivity contribution in [2.75, 3.05) is 18.9 Å². The third kappa shape index (κ3) is 5.75. The zero-order valence-corrected chi connectivity index (χ0v) is 21.0. The SMILES string of the molecule is CN/C=C\C(OC)=C(/C=O)n1c(NSC(C)C(C)c2ncc(Cl)cn2)nnc1-c1ccn(C)n1. The molecular weight excluding hydrogens is 478 g/mol. The monoisotopic (exact) mass is 503 g/mol. The van der Waals surface area contributed by atoms with Crippen LogP contribution in [0.3, 0.4) is 0 Å². The van der Waals surface area contributed by atoms with Gasteiger partial charge in [-0.25, -0.2) is 9.97 Å². The van der Waals surface area contributed by atoms with Crippen molar-refractivity contribution in [1.82, 2.24) is 39.8 Å². The summed E-state index contributed by atoms with van der Waals surface area (Å²) in [6.07, 6.45) is 8.93. The fourth-order valence-electron chi connectivity index (χ4n) is 2.93. The zero-order valence-electron chi connectivity index (χ0n) is 19.4. The van der Waals surface area contributed by atoms with E-state index in [0.29, 0.717) is 40.4 Å². The number of methoxy groups -OCH3 is 1. The van der Waals surface area contributed by atoms with E-state index in [0.717, 1.165) is 0 Å². The van der Waals surface area contributed by atoms with Gasteiger partial charge in [-0.2, -0.15) is 5.10 Å². The lowest BCUT2D eigenvalue weighted by Gasteiger charge is -2.19. The summed E-state index contributed by atoms with van der Waals surface area (Å²) in [5, 5.41) is 16.4. The molecule has 0 saturated carbocycles. The van der Waals surface area contributed by atoms with E-state index in [2.05, 4.69) is 35.3 Å². The summed E-state index contributed by atoms with van der Waals surface area (Å²) in [5.74, 6) is 1.74. The van der Waals surface area contributed by atoms with Gasteiger partial charge in [-0.05, 0) is 30.3 Å². The molecule has 3 aromatic rings. The second-order valence-corrected chi connectivity index (χ2v) is 8.84. The zero-order chi connectivity index (χ0) is 24.7. The summed E-state index contributed by atoms with van der Waals surface area (Å²) >= 11 is 7.31. The van der Waals surface area contributed by atoms with Gasteiger partial charge in [-0.3, -0.25) is 18.8 Å². The van der Waals surface area contributed by atoms with Gasteiger partial charge in [0.25, 0.3) is 0 Å². The van der Waals surface area contributed by atoms with Crippen LogP contribution in [0.2, 0.25) is 5.02 Å². The second kappa shape index (κ2) is 11.7. The summed E-state index contributed by atoms with van der Waals surface area (Å²) in [5.41, 5.74) is 0.765. The Morgan fingerprint density at radius 2 is 2.00 bits per heavy atom. The first-order valence-corrected chi connectivity index (χ1v) is 11.6. The Balaban J connectivity index is 1.96. The highest BCUT2D eigenvalue weighted by Gasteiger charge is 2.24. The van der Waals surface area contributed by atoms with Gasteiger partial charge in [0, 0.05) is 43.9 Å². The summed E-state index contributed by atoms with van der Waals surface area (Å²) in [7, 11) is 5.04. The largest absolute Gasteiger partial charge is 0.494 e. The molecule has 0 spiro atoms. The van der Waals surface area contributed by atoms with Gasteiger partial charge < -0.3 is 10.1 Å². The third-order valence-electron chi connectivity index (χ3n) is 4.92. The van der Waals surface area contributed by atoms with Crippen LogP contribution >= 0.6 is 23.5 Å². The molecule has 0 amide bonds. The van der Waals surface area contributed by atoms with Gasteiger partial charge in [0.1, 0.15) is 23.0 Å². The number of aromatic nitrogens is 7. The van der Waals surface area contributed by atoms with E-state index >= 15 is 0 Å². The highest BCUT2D eigenvalue weighted by atomic mass is 35.5. The fourth-order valence-corrected chi connectivity index (χ4v) is 3.78. The van der Waals surface area contributed by atoms with Crippen LogP contribution in [0.4, 0.5) is 5.95 Å². The number of aryl methyl sites for hydroxylation is 1. The third-order valence-corrected chi connectivity index (χ3v) is 6.20. The van der Waals surface area contributed by atoms with Crippen LogP contribution in [0.15, 0.2) is 42.7 Å². The number of nitrogens with one attached hydrogen (secondary N) is 2. The molecule has 0 saturated heterocycles. The van der Waals surface area contributed by atoms with Crippen LogP contribution in [-0.4, -0.2) is 60.2 Å². The Hall–Kier alpha value is -3.38. The Kier molecular flexibility index (Phi) is 8.66. The van der Waals surface area contributed by atoms with E-state index in [1.807, 2.05) is 13.8 Å². The normalized spacial score (nSPS) is 13.9. The highest BCUT2D eigenvalue weighted by Crippen LogP contribution is 2.30. The number of ether oxygens (including phenoxy) is 1. The standard InChI is InChI=1S/C21H26ClN9O2S/c1-13(19-24-10-15(22)11-25-19)14(2)34-29-21-27-26-20(16-7-9-30(4)28-16)31(21)17(12-32)18(33-5)6-8-23-3/h6-14,23H,1-5H3,(H,27,29)/b8-6-,18-17-. The van der Waals surface area contributed by atoms with Crippen LogP contribution in [0.5, 0.6) is 0 Å². The van der Waals surface area contributed by atoms with Crippen LogP contribution in [0.1, 0.15) is 25.6 Å². The van der Waals surface area contributed by atoms with Crippen molar-refractivity contribution in [2.45, 2.75) is 25.0 Å². The van der Waals surface area contributed by atoms with Crippen LogP contribution < -0.4 is 10.0 Å². The second-order valence-electron chi connectivity index (χ2n) is 7.22. The lowest BCUT2D eigenvalue weighted by Crippen LogP contribution is -2.15. The number of rotatable bonds is 11. The topological polar surface area (TPSA) is 125 Å². The van der Waals surface area contributed by atoms with Crippen molar-refractivity contribution < 1.29 is 9.53 Å². The number of carbonyl (C=O) groups excluding carboxylic acids is 1. The van der Waals surface area contributed by atoms with Gasteiger partial charge in [0.2, 0.25) is 5.95 Å². The van der Waals surface area contributed by atoms with E-state index in [-0.39, 0.29) is 16.9 Å². The lowest BCUT2D eigenvalue weighted by atomic mass is 10.1. The first-order valence-electron chi connectivity index (χ1n) is 10.3. The molecule has 0 aliphatic carbocycles. The molecule has 3 rings (SSSR count). The number of nitrogens with zero attached hydrogens (tertiary/aromatic N) is 7. The number of hydrogen-bond donors (Lipinski definition) is 2. The van der Waals surface area contributed by atoms with Crippen molar-refractivity contribution in [3.05, 3.63) is 53.5 Å². The number of aldehydes is 1. The summed E-state index contributed by atoms with van der Waals surface area (Å²) in [6.45, 7) is 4.06. The average molecular weight is 504 g/mol. The first-order chi connectivity index (χ1) is 16.4. The minimum atomic E-state index is 0.00980. The quantitative estimate of drug-likeness (QED) is 0.132. The van der Waals surface area contributed by atoms with Crippen molar-refractivity contribution in [3.8, 4) is 11.5 Å². The Labute approximate surface area is 206 Å². The maximum absolute atomic E-state index is 12.2. The van der Waals surface area contributed by atoms with Crippen molar-refractivity contribution >= 4 is 41.5 Å². The van der Waals surface area contributed by atoms with Crippen LogP contribution in [0.25, 0.3) is 17.2 Å². The average Bonchev–Trinajstić information content (AvgIpc) is 3.46. The molecule has 0 radical (unpaired) electrons. The van der Waals surface area contributed by atoms with Gasteiger partial charge >= 0.3 is 0 Å². The predicted octanol–water partition coefficient (Wildman–Crippen LogP) is 3.12. The Morgan fingerprint density at radius 3 is 2.59 bits per heavy atom. The number of halogens is 1. The molecule has 3 aromatic heterocycles. The van der Waals surface area contributed by atoms with E-state index in [9.17, 15) is 4.79 Å². The van der Waals surface area contributed by atoms with E-state index < -0.39 is 0 Å². The molecule has 0 aromatic carbocycles. The molecule has 13 heteroatoms. The van der Waals surface area contributed by atoms with Crippen LogP contribution in [0, 0.1) is 0 Å². The molecule has 3 heterocycles. The maximum atomic E-state index is 12.2. The van der Waals surface area contributed by atoms with Crippen molar-refractivity contribution in [3.63, 3.8) is 0 Å². The fraction of sp³-hybridized carbons (Fsp3) is 0.333. The Morgan fingerprint density at radius 1 is 1.26 bits per heavy atom. The first kappa shape index (κ1) is 25.2. The van der Waals surface area contributed by atoms with E-state index in [1.54, 1.807) is 60.3 Å². The molecule has 0 fully saturated rings. The molecule has 11 nitrogen and oxygen atoms in total. The lowest BCUT2D eigenvalue weighted by molar-refractivity contribution is -0.103. The van der Waals surface area contributed by atoms with Gasteiger partial charge in [-0.15, -0.1) is 10.2 Å². The molecular formula is C21H26ClN9O2S. The maximum Gasteiger partial charge on any atom is 0.239 e. The Bertz CT molecular complexity index is 1170. The summed E-state index contributed by atoms with van der Waals surface area (Å²) in [4.78, 5) is 20.8. The molecule has 0 aliphatic rings. The van der Waals surface area contributed by atoms with Gasteiger partial charge in [0.05, 0.1) is 12.1 Å². The molecule has 2 N–H and O–H groups in total. The van der Waals surface area contributed by atoms with Gasteiger partial charge in [0.15, 0.2) is 12.1 Å².